The number of aliphatic hydroxyl groups excluding tert-OH is 1. The molecule has 0 bridgehead atoms. The highest BCUT2D eigenvalue weighted by Gasteiger charge is 2.31. The lowest BCUT2D eigenvalue weighted by Gasteiger charge is -2.36. The maximum Gasteiger partial charge on any atom is 0.317 e. The zero-order chi connectivity index (χ0) is 32.6. The summed E-state index contributed by atoms with van der Waals surface area (Å²) in [5.74, 6) is -0.332. The van der Waals surface area contributed by atoms with Crippen molar-refractivity contribution < 1.29 is 32.6 Å². The first-order valence-corrected chi connectivity index (χ1v) is 16.6. The molecule has 0 saturated heterocycles. The Balaban J connectivity index is 1.98. The quantitative estimate of drug-likeness (QED) is 0.399. The van der Waals surface area contributed by atoms with Gasteiger partial charge < -0.3 is 34.3 Å². The molecule has 2 heterocycles. The second-order valence-corrected chi connectivity index (χ2v) is 13.6. The molecule has 246 valence electrons. The Hall–Kier alpha value is -3.36. The highest BCUT2D eigenvalue weighted by molar-refractivity contribution is 7.92. The van der Waals surface area contributed by atoms with Crippen molar-refractivity contribution >= 4 is 27.6 Å². The third-order valence-corrected chi connectivity index (χ3v) is 8.74. The van der Waals surface area contributed by atoms with Crippen LogP contribution in [0.4, 0.5) is 10.5 Å². The van der Waals surface area contributed by atoms with Crippen LogP contribution in [0.25, 0.3) is 0 Å². The summed E-state index contributed by atoms with van der Waals surface area (Å²) in [6, 6.07) is 3.79. The first-order chi connectivity index (χ1) is 20.7. The summed E-state index contributed by atoms with van der Waals surface area (Å²) in [6.45, 7) is 10.1. The van der Waals surface area contributed by atoms with Crippen LogP contribution in [0.2, 0.25) is 0 Å². The number of likely N-dealkylation sites (N-methyl/N-ethyl adjacent to an activating group) is 1. The number of carbonyl (C=O) groups excluding carboxylic acids is 2. The van der Waals surface area contributed by atoms with E-state index < -0.39 is 22.0 Å². The fraction of sp³-hybridized carbons (Fsp3) is 0.633. The number of hydrogen-bond donors (Lipinski definition) is 3. The lowest BCUT2D eigenvalue weighted by molar-refractivity contribution is -0.0122. The smallest absolute Gasteiger partial charge is 0.317 e. The minimum absolute atomic E-state index is 0.0200. The van der Waals surface area contributed by atoms with Gasteiger partial charge in [-0.3, -0.25) is 9.52 Å². The number of rotatable bonds is 8. The topological polar surface area (TPSA) is 155 Å². The van der Waals surface area contributed by atoms with Crippen LogP contribution in [0.3, 0.4) is 0 Å². The minimum atomic E-state index is -4.01. The van der Waals surface area contributed by atoms with Gasteiger partial charge in [-0.2, -0.15) is 8.42 Å². The van der Waals surface area contributed by atoms with Crippen LogP contribution in [-0.2, 0) is 21.8 Å². The summed E-state index contributed by atoms with van der Waals surface area (Å²) in [5.41, 5.74) is 0.331. The summed E-state index contributed by atoms with van der Waals surface area (Å²) in [7, 11) is -0.637. The van der Waals surface area contributed by atoms with Gasteiger partial charge in [0.1, 0.15) is 5.75 Å². The number of benzene rings is 1. The number of amides is 3. The molecule has 1 aromatic heterocycles. The van der Waals surface area contributed by atoms with E-state index in [0.717, 1.165) is 12.8 Å². The number of ether oxygens (including phenoxy) is 2. The molecule has 1 aromatic carbocycles. The Morgan fingerprint density at radius 1 is 1.23 bits per heavy atom. The lowest BCUT2D eigenvalue weighted by atomic mass is 10.0. The molecule has 14 heteroatoms. The van der Waals surface area contributed by atoms with Crippen molar-refractivity contribution in [1.82, 2.24) is 24.7 Å². The standard InChI is InChI=1S/C30H48N6O7S/c1-20(2)32-30(39)35(7)16-27-21(3)15-36(22(4)18-37)29(38)25-14-24(33-44(40,41)28-17-34(6)19-31-28)11-12-26(25)43-23(5)10-8-9-13-42-27/h11-12,14,17,19-23,27,33,37H,8-10,13,15-16,18H2,1-7H3,(H,32,39)/t21-,22+,23-,27+/m0/s1. The summed E-state index contributed by atoms with van der Waals surface area (Å²) >= 11 is 0. The number of nitrogens with one attached hydrogen (secondary N) is 2. The van der Waals surface area contributed by atoms with E-state index in [1.807, 2.05) is 27.7 Å². The molecule has 0 fully saturated rings. The zero-order valence-corrected chi connectivity index (χ0v) is 27.6. The van der Waals surface area contributed by atoms with Gasteiger partial charge >= 0.3 is 6.03 Å². The number of hydrogen-bond acceptors (Lipinski definition) is 8. The second kappa shape index (κ2) is 15.6. The molecule has 0 spiro atoms. The van der Waals surface area contributed by atoms with Crippen molar-refractivity contribution in [2.75, 3.05) is 38.1 Å². The van der Waals surface area contributed by atoms with Crippen LogP contribution < -0.4 is 14.8 Å². The minimum Gasteiger partial charge on any atom is -0.490 e. The van der Waals surface area contributed by atoms with Crippen molar-refractivity contribution in [3.63, 3.8) is 0 Å². The van der Waals surface area contributed by atoms with Crippen LogP contribution in [0.1, 0.15) is 64.2 Å². The summed E-state index contributed by atoms with van der Waals surface area (Å²) in [5, 5.41) is 12.9. The van der Waals surface area contributed by atoms with Gasteiger partial charge in [0.05, 0.1) is 36.7 Å². The summed E-state index contributed by atoms with van der Waals surface area (Å²) in [4.78, 5) is 34.0. The molecule has 0 saturated carbocycles. The molecule has 3 rings (SSSR count). The van der Waals surface area contributed by atoms with Gasteiger partial charge in [-0.1, -0.05) is 6.92 Å². The Labute approximate surface area is 261 Å². The van der Waals surface area contributed by atoms with E-state index in [9.17, 15) is 23.1 Å². The average molecular weight is 637 g/mol. The predicted molar refractivity (Wildman–Crippen MR) is 167 cm³/mol. The predicted octanol–water partition coefficient (Wildman–Crippen LogP) is 3.07. The fourth-order valence-electron chi connectivity index (χ4n) is 4.89. The molecule has 4 atom stereocenters. The van der Waals surface area contributed by atoms with Crippen molar-refractivity contribution in [2.24, 2.45) is 13.0 Å². The number of aliphatic hydroxyl groups is 1. The number of imidazole rings is 1. The van der Waals surface area contributed by atoms with Gasteiger partial charge in [0.15, 0.2) is 5.03 Å². The van der Waals surface area contributed by atoms with Crippen LogP contribution in [0.5, 0.6) is 5.75 Å². The van der Waals surface area contributed by atoms with Gasteiger partial charge in [0, 0.05) is 57.6 Å². The van der Waals surface area contributed by atoms with Crippen LogP contribution in [0.15, 0.2) is 35.7 Å². The number of fused-ring (bicyclic) bond motifs is 1. The maximum atomic E-state index is 14.2. The third kappa shape index (κ3) is 9.57. The highest BCUT2D eigenvalue weighted by atomic mass is 32.2. The Morgan fingerprint density at radius 3 is 2.59 bits per heavy atom. The molecule has 13 nitrogen and oxygen atoms in total. The van der Waals surface area contributed by atoms with E-state index in [2.05, 4.69) is 15.0 Å². The summed E-state index contributed by atoms with van der Waals surface area (Å²) < 4.78 is 42.5. The zero-order valence-electron chi connectivity index (χ0n) is 26.8. The number of carbonyl (C=O) groups is 2. The Kier molecular flexibility index (Phi) is 12.4. The SMILES string of the molecule is CC(C)NC(=O)N(C)C[C@H]1OCCCC[C@H](C)Oc2ccc(NS(=O)(=O)c3cn(C)cn3)cc2C(=O)N([C@H](C)CO)C[C@@H]1C. The number of anilines is 1. The first kappa shape index (κ1) is 35.1. The molecule has 0 radical (unpaired) electrons. The van der Waals surface area contributed by atoms with Crippen molar-refractivity contribution in [2.45, 2.75) is 83.2 Å². The monoisotopic (exact) mass is 636 g/mol. The largest absolute Gasteiger partial charge is 0.490 e. The normalized spacial score (nSPS) is 21.2. The molecule has 0 unspecified atom stereocenters. The van der Waals surface area contributed by atoms with E-state index in [1.165, 1.54) is 23.2 Å². The number of aryl methyl sites for hydroxylation is 1. The molecule has 3 N–H and O–H groups in total. The molecule has 0 aliphatic carbocycles. The fourth-order valence-corrected chi connectivity index (χ4v) is 5.93. The van der Waals surface area contributed by atoms with E-state index in [1.54, 1.807) is 43.0 Å². The molecule has 44 heavy (non-hydrogen) atoms. The number of nitrogens with zero attached hydrogens (tertiary/aromatic N) is 4. The first-order valence-electron chi connectivity index (χ1n) is 15.1. The third-order valence-electron chi connectivity index (χ3n) is 7.47. The lowest BCUT2D eigenvalue weighted by Crippen LogP contribution is -2.49. The number of urea groups is 1. The molecule has 3 amide bonds. The van der Waals surface area contributed by atoms with Crippen molar-refractivity contribution in [1.29, 1.82) is 0 Å². The van der Waals surface area contributed by atoms with Crippen LogP contribution in [0, 0.1) is 5.92 Å². The molecule has 1 aliphatic rings. The van der Waals surface area contributed by atoms with E-state index in [-0.39, 0.29) is 59.6 Å². The van der Waals surface area contributed by atoms with Crippen molar-refractivity contribution in [3.05, 3.63) is 36.3 Å². The molecule has 2 aromatic rings. The Bertz CT molecular complexity index is 1370. The van der Waals surface area contributed by atoms with Gasteiger partial charge in [0.25, 0.3) is 15.9 Å². The second-order valence-electron chi connectivity index (χ2n) is 12.0. The maximum absolute atomic E-state index is 14.2. The average Bonchev–Trinajstić information content (AvgIpc) is 3.41. The van der Waals surface area contributed by atoms with Gasteiger partial charge in [0.2, 0.25) is 0 Å². The van der Waals surface area contributed by atoms with E-state index in [4.69, 9.17) is 9.47 Å². The Morgan fingerprint density at radius 2 is 1.95 bits per heavy atom. The van der Waals surface area contributed by atoms with Gasteiger partial charge in [-0.25, -0.2) is 9.78 Å². The van der Waals surface area contributed by atoms with E-state index in [0.29, 0.717) is 25.3 Å². The number of sulfonamides is 1. The molecule has 1 aliphatic heterocycles. The summed E-state index contributed by atoms with van der Waals surface area (Å²) in [6.07, 6.45) is 4.47. The molecular weight excluding hydrogens is 588 g/mol. The van der Waals surface area contributed by atoms with Crippen LogP contribution in [-0.4, -0.2) is 102 Å². The van der Waals surface area contributed by atoms with E-state index >= 15 is 0 Å². The number of aromatic nitrogens is 2. The highest BCUT2D eigenvalue weighted by Crippen LogP contribution is 2.29. The van der Waals surface area contributed by atoms with Gasteiger partial charge in [-0.05, 0) is 65.2 Å². The van der Waals surface area contributed by atoms with Gasteiger partial charge in [-0.15, -0.1) is 0 Å². The van der Waals surface area contributed by atoms with Crippen molar-refractivity contribution in [3.8, 4) is 5.75 Å². The molecular formula is C30H48N6O7S. The van der Waals surface area contributed by atoms with Crippen LogP contribution >= 0.6 is 0 Å².